The lowest BCUT2D eigenvalue weighted by molar-refractivity contribution is 0.366. The highest BCUT2D eigenvalue weighted by atomic mass is 31.2. The van der Waals surface area contributed by atoms with Gasteiger partial charge >= 0.3 is 7.60 Å². The van der Waals surface area contributed by atoms with Crippen LogP contribution in [0.1, 0.15) is 13.8 Å². The maximum Gasteiger partial charge on any atom is 0.325 e. The minimum Gasteiger partial charge on any atom is -0.324 e. The summed E-state index contributed by atoms with van der Waals surface area (Å²) in [5, 5.41) is 0. The van der Waals surface area contributed by atoms with Gasteiger partial charge in [-0.25, -0.2) is 0 Å². The van der Waals surface area contributed by atoms with E-state index in [4.69, 9.17) is 9.79 Å². The molecule has 3 nitrogen and oxygen atoms in total. The van der Waals surface area contributed by atoms with Gasteiger partial charge in [0.2, 0.25) is 0 Å². The zero-order valence-electron chi connectivity index (χ0n) is 5.03. The Morgan fingerprint density at radius 3 is 1.88 bits per heavy atom. The van der Waals surface area contributed by atoms with E-state index in [1.807, 2.05) is 0 Å². The lowest BCUT2D eigenvalue weighted by Gasteiger charge is -2.04. The van der Waals surface area contributed by atoms with E-state index >= 15 is 0 Å². The summed E-state index contributed by atoms with van der Waals surface area (Å²) in [6.45, 7) is 3.55. The molecule has 8 heavy (non-hydrogen) atoms. The van der Waals surface area contributed by atoms with Crippen LogP contribution in [-0.4, -0.2) is 15.9 Å². The summed E-state index contributed by atoms with van der Waals surface area (Å²) in [6.07, 6.45) is -0.00694. The van der Waals surface area contributed by atoms with E-state index in [1.54, 1.807) is 13.8 Å². The van der Waals surface area contributed by atoms with Crippen molar-refractivity contribution >= 4 is 7.60 Å². The van der Waals surface area contributed by atoms with E-state index in [1.165, 1.54) is 0 Å². The van der Waals surface area contributed by atoms with Gasteiger partial charge in [0, 0.05) is 0 Å². The van der Waals surface area contributed by atoms with Crippen LogP contribution in [-0.2, 0) is 4.57 Å². The van der Waals surface area contributed by atoms with Gasteiger partial charge in [-0.3, -0.25) is 4.57 Å². The summed E-state index contributed by atoms with van der Waals surface area (Å²) >= 11 is 0. The highest BCUT2D eigenvalue weighted by molar-refractivity contribution is 7.51. The first-order valence-electron chi connectivity index (χ1n) is 2.46. The second-order valence-electron chi connectivity index (χ2n) is 2.24. The Kier molecular flexibility index (Phi) is 2.67. The van der Waals surface area contributed by atoms with Crippen LogP contribution in [0, 0.1) is 5.92 Å². The molecule has 0 fully saturated rings. The van der Waals surface area contributed by atoms with Crippen LogP contribution < -0.4 is 0 Å². The standard InChI is InChI=1S/C4H11O3P/c1-4(2)3-8(5,6)7/h4H,3H2,1-2H3,(H2,5,6,7). The van der Waals surface area contributed by atoms with Gasteiger partial charge in [0.25, 0.3) is 0 Å². The summed E-state index contributed by atoms with van der Waals surface area (Å²) in [7, 11) is -3.72. The Hall–Kier alpha value is 0.150. The van der Waals surface area contributed by atoms with E-state index in [9.17, 15) is 4.57 Å². The van der Waals surface area contributed by atoms with Crippen LogP contribution in [0.4, 0.5) is 0 Å². The third kappa shape index (κ3) is 6.15. The molecule has 0 aromatic carbocycles. The molecule has 4 heteroatoms. The van der Waals surface area contributed by atoms with Crippen molar-refractivity contribution in [3.05, 3.63) is 0 Å². The molecule has 0 bridgehead atoms. The highest BCUT2D eigenvalue weighted by Gasteiger charge is 2.13. The van der Waals surface area contributed by atoms with Crippen molar-refractivity contribution in [2.75, 3.05) is 6.16 Å². The largest absolute Gasteiger partial charge is 0.325 e. The van der Waals surface area contributed by atoms with E-state index in [0.717, 1.165) is 0 Å². The SMILES string of the molecule is CC(C)CP(=O)(O)O. The molecule has 0 amide bonds. The van der Waals surface area contributed by atoms with Crippen molar-refractivity contribution < 1.29 is 14.4 Å². The quantitative estimate of drug-likeness (QED) is 0.555. The van der Waals surface area contributed by atoms with Crippen LogP contribution in [0.3, 0.4) is 0 Å². The molecule has 0 spiro atoms. The van der Waals surface area contributed by atoms with Gasteiger partial charge in [0.05, 0.1) is 6.16 Å². The molecule has 0 heterocycles. The monoisotopic (exact) mass is 138 g/mol. The molecule has 0 atom stereocenters. The smallest absolute Gasteiger partial charge is 0.324 e. The van der Waals surface area contributed by atoms with Crippen molar-refractivity contribution in [1.29, 1.82) is 0 Å². The van der Waals surface area contributed by atoms with Gasteiger partial charge in [-0.1, -0.05) is 13.8 Å². The van der Waals surface area contributed by atoms with Crippen molar-refractivity contribution in [2.45, 2.75) is 13.8 Å². The Bertz CT molecular complexity index is 104. The fourth-order valence-corrected chi connectivity index (χ4v) is 1.43. The van der Waals surface area contributed by atoms with E-state index in [2.05, 4.69) is 0 Å². The van der Waals surface area contributed by atoms with Crippen LogP contribution in [0.5, 0.6) is 0 Å². The fourth-order valence-electron chi connectivity index (χ4n) is 0.476. The van der Waals surface area contributed by atoms with E-state index < -0.39 is 7.60 Å². The van der Waals surface area contributed by atoms with Crippen LogP contribution in [0.2, 0.25) is 0 Å². The first-order valence-corrected chi connectivity index (χ1v) is 4.26. The van der Waals surface area contributed by atoms with Crippen LogP contribution >= 0.6 is 7.60 Å². The Morgan fingerprint density at radius 1 is 1.50 bits per heavy atom. The fraction of sp³-hybridized carbons (Fsp3) is 1.00. The Balaban J connectivity index is 3.56. The molecular formula is C4H11O3P. The van der Waals surface area contributed by atoms with Crippen LogP contribution in [0.15, 0.2) is 0 Å². The van der Waals surface area contributed by atoms with Crippen molar-refractivity contribution in [2.24, 2.45) is 5.92 Å². The van der Waals surface area contributed by atoms with Crippen LogP contribution in [0.25, 0.3) is 0 Å². The third-order valence-electron chi connectivity index (χ3n) is 0.603. The maximum atomic E-state index is 10.1. The second-order valence-corrected chi connectivity index (χ2v) is 3.94. The zero-order chi connectivity index (χ0) is 6.78. The highest BCUT2D eigenvalue weighted by Crippen LogP contribution is 2.36. The minimum atomic E-state index is -3.72. The topological polar surface area (TPSA) is 57.5 Å². The third-order valence-corrected chi connectivity index (χ3v) is 1.81. The zero-order valence-corrected chi connectivity index (χ0v) is 5.93. The second kappa shape index (κ2) is 2.62. The van der Waals surface area contributed by atoms with Gasteiger partial charge in [0.15, 0.2) is 0 Å². The molecule has 0 aliphatic heterocycles. The molecule has 0 saturated carbocycles. The molecule has 0 aliphatic carbocycles. The molecule has 50 valence electrons. The van der Waals surface area contributed by atoms with Gasteiger partial charge in [0.1, 0.15) is 0 Å². The average molecular weight is 138 g/mol. The number of rotatable bonds is 2. The Labute approximate surface area is 48.9 Å². The molecular weight excluding hydrogens is 127 g/mol. The van der Waals surface area contributed by atoms with E-state index in [-0.39, 0.29) is 12.1 Å². The summed E-state index contributed by atoms with van der Waals surface area (Å²) in [6, 6.07) is 0. The molecule has 0 aliphatic rings. The Morgan fingerprint density at radius 2 is 1.88 bits per heavy atom. The predicted molar refractivity (Wildman–Crippen MR) is 31.7 cm³/mol. The summed E-state index contributed by atoms with van der Waals surface area (Å²) in [4.78, 5) is 16.6. The predicted octanol–water partition coefficient (Wildman–Crippen LogP) is 0.820. The number of hydrogen-bond donors (Lipinski definition) is 2. The lowest BCUT2D eigenvalue weighted by atomic mass is 10.3. The molecule has 2 N–H and O–H groups in total. The molecule has 0 unspecified atom stereocenters. The lowest BCUT2D eigenvalue weighted by Crippen LogP contribution is -1.95. The average Bonchev–Trinajstić information content (AvgIpc) is 1.21. The molecule has 0 rings (SSSR count). The van der Waals surface area contributed by atoms with Crippen molar-refractivity contribution in [3.63, 3.8) is 0 Å². The first kappa shape index (κ1) is 8.15. The van der Waals surface area contributed by atoms with Gasteiger partial charge in [-0.15, -0.1) is 0 Å². The molecule has 0 saturated heterocycles. The first-order chi connectivity index (χ1) is 3.42. The van der Waals surface area contributed by atoms with Crippen molar-refractivity contribution in [3.8, 4) is 0 Å². The maximum absolute atomic E-state index is 10.1. The molecule has 0 aromatic rings. The van der Waals surface area contributed by atoms with Gasteiger partial charge in [-0.05, 0) is 5.92 Å². The minimum absolute atomic E-state index is 0.00694. The number of hydrogen-bond acceptors (Lipinski definition) is 1. The summed E-state index contributed by atoms with van der Waals surface area (Å²) in [5.41, 5.74) is 0. The summed E-state index contributed by atoms with van der Waals surface area (Å²) in [5.74, 6) is 0.0795. The van der Waals surface area contributed by atoms with Gasteiger partial charge in [-0.2, -0.15) is 0 Å². The van der Waals surface area contributed by atoms with E-state index in [0.29, 0.717) is 0 Å². The summed E-state index contributed by atoms with van der Waals surface area (Å²) < 4.78 is 10.1. The molecule has 0 aromatic heterocycles. The van der Waals surface area contributed by atoms with Gasteiger partial charge < -0.3 is 9.79 Å². The van der Waals surface area contributed by atoms with Crippen molar-refractivity contribution in [1.82, 2.24) is 0 Å². The normalized spacial score (nSPS) is 12.6. The molecule has 0 radical (unpaired) electrons.